The number of anilines is 1. The number of fused-ring (bicyclic) bond motifs is 1. The van der Waals surface area contributed by atoms with Gasteiger partial charge in [-0.15, -0.1) is 0 Å². The second-order valence-electron chi connectivity index (χ2n) is 7.60. The van der Waals surface area contributed by atoms with E-state index in [1.54, 1.807) is 13.8 Å². The lowest BCUT2D eigenvalue weighted by molar-refractivity contribution is -0.117. The first-order valence-corrected chi connectivity index (χ1v) is 10.3. The van der Waals surface area contributed by atoms with E-state index in [-0.39, 0.29) is 23.9 Å². The number of amides is 1. The van der Waals surface area contributed by atoms with Crippen LogP contribution in [0.3, 0.4) is 0 Å². The van der Waals surface area contributed by atoms with Crippen molar-refractivity contribution >= 4 is 34.2 Å². The Bertz CT molecular complexity index is 1110. The molecule has 0 bridgehead atoms. The number of piperazine rings is 1. The summed E-state index contributed by atoms with van der Waals surface area (Å²) < 4.78 is 5.65. The molecule has 0 saturated carbocycles. The number of aryl methyl sites for hydroxylation is 2. The maximum Gasteiger partial charge on any atom is 0.277 e. The van der Waals surface area contributed by atoms with E-state index in [1.165, 1.54) is 5.56 Å². The molecule has 2 N–H and O–H groups in total. The molecule has 30 heavy (non-hydrogen) atoms. The summed E-state index contributed by atoms with van der Waals surface area (Å²) in [7, 11) is 0. The molecule has 0 aliphatic carbocycles. The summed E-state index contributed by atoms with van der Waals surface area (Å²) in [5.41, 5.74) is 1.50. The largest absolute Gasteiger partial charge is 0.444 e. The van der Waals surface area contributed by atoms with Gasteiger partial charge in [-0.25, -0.2) is 5.10 Å². The topological polar surface area (TPSA) is 94.5 Å². The third kappa shape index (κ3) is 4.40. The van der Waals surface area contributed by atoms with Gasteiger partial charge in [0.1, 0.15) is 11.1 Å². The zero-order chi connectivity index (χ0) is 21.3. The molecule has 1 saturated heterocycles. The molecule has 0 spiro atoms. The average Bonchev–Trinajstić information content (AvgIpc) is 3.05. The molecule has 0 radical (unpaired) electrons. The number of hydrogen-bond acceptors (Lipinski definition) is 6. The van der Waals surface area contributed by atoms with Crippen molar-refractivity contribution in [2.45, 2.75) is 20.4 Å². The maximum absolute atomic E-state index is 12.6. The first-order valence-electron chi connectivity index (χ1n) is 9.88. The molecule has 1 aromatic carbocycles. The minimum absolute atomic E-state index is 0.181. The van der Waals surface area contributed by atoms with E-state index >= 15 is 0 Å². The van der Waals surface area contributed by atoms with Gasteiger partial charge >= 0.3 is 0 Å². The highest BCUT2D eigenvalue weighted by molar-refractivity contribution is 6.30. The Kier molecular flexibility index (Phi) is 5.90. The van der Waals surface area contributed by atoms with Crippen molar-refractivity contribution in [3.63, 3.8) is 0 Å². The van der Waals surface area contributed by atoms with Gasteiger partial charge in [0.15, 0.2) is 0 Å². The van der Waals surface area contributed by atoms with Crippen LogP contribution in [0.4, 0.5) is 5.88 Å². The van der Waals surface area contributed by atoms with Gasteiger partial charge in [-0.05, 0) is 31.5 Å². The predicted molar refractivity (Wildman–Crippen MR) is 116 cm³/mol. The Morgan fingerprint density at radius 1 is 1.13 bits per heavy atom. The molecule has 4 rings (SSSR count). The molecule has 3 heterocycles. The summed E-state index contributed by atoms with van der Waals surface area (Å²) in [6.07, 6.45) is 0. The zero-order valence-electron chi connectivity index (χ0n) is 17.0. The normalized spacial score (nSPS) is 15.6. The van der Waals surface area contributed by atoms with E-state index in [4.69, 9.17) is 16.0 Å². The lowest BCUT2D eigenvalue weighted by Gasteiger charge is -2.34. The van der Waals surface area contributed by atoms with E-state index in [2.05, 4.69) is 25.3 Å². The minimum Gasteiger partial charge on any atom is -0.444 e. The molecule has 1 aliphatic heterocycles. The summed E-state index contributed by atoms with van der Waals surface area (Å²) in [5.74, 6) is 0.540. The van der Waals surface area contributed by atoms with Crippen molar-refractivity contribution in [1.29, 1.82) is 0 Å². The highest BCUT2D eigenvalue weighted by Crippen LogP contribution is 2.28. The summed E-state index contributed by atoms with van der Waals surface area (Å²) >= 11 is 5.94. The fraction of sp³-hybridized carbons (Fsp3) is 0.381. The Hall–Kier alpha value is -2.68. The van der Waals surface area contributed by atoms with Crippen LogP contribution in [0, 0.1) is 13.8 Å². The van der Waals surface area contributed by atoms with Crippen molar-refractivity contribution in [2.75, 3.05) is 38.0 Å². The van der Waals surface area contributed by atoms with Crippen molar-refractivity contribution < 1.29 is 9.21 Å². The van der Waals surface area contributed by atoms with Crippen molar-refractivity contribution in [2.24, 2.45) is 0 Å². The molecule has 1 fully saturated rings. The Morgan fingerprint density at radius 3 is 2.50 bits per heavy atom. The number of benzene rings is 1. The molecule has 9 heteroatoms. The lowest BCUT2D eigenvalue weighted by atomic mass is 10.2. The molecule has 158 valence electrons. The smallest absolute Gasteiger partial charge is 0.277 e. The predicted octanol–water partition coefficient (Wildman–Crippen LogP) is 2.54. The number of rotatable bonds is 5. The molecule has 0 unspecified atom stereocenters. The van der Waals surface area contributed by atoms with E-state index in [1.807, 2.05) is 24.3 Å². The fourth-order valence-electron chi connectivity index (χ4n) is 3.85. The van der Waals surface area contributed by atoms with Crippen molar-refractivity contribution in [3.8, 4) is 0 Å². The van der Waals surface area contributed by atoms with Crippen LogP contribution in [0.2, 0.25) is 5.02 Å². The molecule has 1 aliphatic rings. The summed E-state index contributed by atoms with van der Waals surface area (Å²) in [4.78, 5) is 29.2. The zero-order valence-corrected chi connectivity index (χ0v) is 17.8. The number of halogens is 1. The third-order valence-electron chi connectivity index (χ3n) is 5.40. The molecular weight excluding hydrogens is 406 g/mol. The van der Waals surface area contributed by atoms with Gasteiger partial charge in [0.2, 0.25) is 11.8 Å². The van der Waals surface area contributed by atoms with Crippen LogP contribution in [0.5, 0.6) is 0 Å². The lowest BCUT2D eigenvalue weighted by Crippen LogP contribution is -2.48. The van der Waals surface area contributed by atoms with Gasteiger partial charge in [-0.1, -0.05) is 23.7 Å². The van der Waals surface area contributed by atoms with Crippen molar-refractivity contribution in [3.05, 3.63) is 56.7 Å². The average molecular weight is 430 g/mol. The number of nitrogens with zero attached hydrogens (tertiary/aromatic N) is 3. The SMILES string of the molecule is Cc1n[nH]c(=O)c2c(NC(=O)CN3CCN(Cc4ccc(Cl)cc4)CC3)oc(C)c12. The number of nitrogens with one attached hydrogen (secondary N) is 2. The van der Waals surface area contributed by atoms with E-state index in [0.717, 1.165) is 37.7 Å². The fourth-order valence-corrected chi connectivity index (χ4v) is 3.98. The standard InChI is InChI=1S/C21H24ClN5O3/c1-13-18-14(2)30-21(19(18)20(29)25-24-13)23-17(28)12-27-9-7-26(8-10-27)11-15-3-5-16(22)6-4-15/h3-6H,7-12H2,1-2H3,(H,23,28)(H,25,29). The number of hydrogen-bond donors (Lipinski definition) is 2. The van der Waals surface area contributed by atoms with Crippen LogP contribution >= 0.6 is 11.6 Å². The van der Waals surface area contributed by atoms with E-state index < -0.39 is 0 Å². The first-order chi connectivity index (χ1) is 14.4. The van der Waals surface area contributed by atoms with Gasteiger partial charge < -0.3 is 4.42 Å². The Balaban J connectivity index is 1.34. The van der Waals surface area contributed by atoms with Crippen LogP contribution in [0.25, 0.3) is 10.8 Å². The van der Waals surface area contributed by atoms with Gasteiger partial charge in [0.05, 0.1) is 17.6 Å². The quantitative estimate of drug-likeness (QED) is 0.647. The summed E-state index contributed by atoms with van der Waals surface area (Å²) in [5, 5.41) is 10.9. The summed E-state index contributed by atoms with van der Waals surface area (Å²) in [6.45, 7) is 8.00. The highest BCUT2D eigenvalue weighted by atomic mass is 35.5. The van der Waals surface area contributed by atoms with Crippen LogP contribution in [-0.2, 0) is 11.3 Å². The van der Waals surface area contributed by atoms with Gasteiger partial charge in [-0.2, -0.15) is 5.10 Å². The van der Waals surface area contributed by atoms with Gasteiger partial charge in [-0.3, -0.25) is 24.7 Å². The molecular formula is C21H24ClN5O3. The highest BCUT2D eigenvalue weighted by Gasteiger charge is 2.22. The monoisotopic (exact) mass is 429 g/mol. The number of carbonyl (C=O) groups is 1. The molecule has 0 atom stereocenters. The van der Waals surface area contributed by atoms with E-state index in [9.17, 15) is 9.59 Å². The van der Waals surface area contributed by atoms with Gasteiger partial charge in [0, 0.05) is 37.7 Å². The molecule has 3 aromatic rings. The number of furan rings is 1. The molecule has 2 aromatic heterocycles. The van der Waals surface area contributed by atoms with Crippen LogP contribution < -0.4 is 10.9 Å². The summed E-state index contributed by atoms with van der Waals surface area (Å²) in [6, 6.07) is 7.88. The molecule has 8 nitrogen and oxygen atoms in total. The van der Waals surface area contributed by atoms with Crippen molar-refractivity contribution in [1.82, 2.24) is 20.0 Å². The first kappa shape index (κ1) is 20.6. The van der Waals surface area contributed by atoms with Gasteiger partial charge in [0.25, 0.3) is 5.56 Å². The Morgan fingerprint density at radius 2 is 1.80 bits per heavy atom. The number of carbonyl (C=O) groups excluding carboxylic acids is 1. The third-order valence-corrected chi connectivity index (χ3v) is 5.65. The van der Waals surface area contributed by atoms with Crippen LogP contribution in [-0.4, -0.2) is 58.6 Å². The van der Waals surface area contributed by atoms with Crippen LogP contribution in [0.15, 0.2) is 33.5 Å². The maximum atomic E-state index is 12.6. The minimum atomic E-state index is -0.376. The second-order valence-corrected chi connectivity index (χ2v) is 8.04. The van der Waals surface area contributed by atoms with E-state index in [0.29, 0.717) is 22.2 Å². The Labute approximate surface area is 178 Å². The number of H-pyrrole nitrogens is 1. The molecule has 1 amide bonds. The second kappa shape index (κ2) is 8.59. The number of aromatic amines is 1. The number of aromatic nitrogens is 2. The van der Waals surface area contributed by atoms with Crippen LogP contribution in [0.1, 0.15) is 17.0 Å².